The van der Waals surface area contributed by atoms with Crippen LogP contribution in [-0.2, 0) is 10.2 Å². The van der Waals surface area contributed by atoms with Gasteiger partial charge in [0.2, 0.25) is 5.91 Å². The molecule has 2 aromatic rings. The van der Waals surface area contributed by atoms with E-state index in [2.05, 4.69) is 54.4 Å². The van der Waals surface area contributed by atoms with E-state index < -0.39 is 5.66 Å². The first kappa shape index (κ1) is 18.4. The maximum Gasteiger partial charge on any atom is 0.223 e. The number of para-hydroxylation sites is 2. The summed E-state index contributed by atoms with van der Waals surface area (Å²) in [7, 11) is 3.27. The van der Waals surface area contributed by atoms with Gasteiger partial charge in [0.15, 0.2) is 11.5 Å². The van der Waals surface area contributed by atoms with Gasteiger partial charge in [-0.25, -0.2) is 0 Å². The van der Waals surface area contributed by atoms with Crippen molar-refractivity contribution in [1.82, 2.24) is 5.32 Å². The molecule has 1 unspecified atom stereocenters. The molecule has 28 heavy (non-hydrogen) atoms. The number of anilines is 1. The number of methoxy groups -OCH3 is 2. The second kappa shape index (κ2) is 6.59. The molecule has 1 fully saturated rings. The van der Waals surface area contributed by atoms with Crippen molar-refractivity contribution in [3.8, 4) is 11.5 Å². The van der Waals surface area contributed by atoms with E-state index in [1.54, 1.807) is 14.2 Å². The Hall–Kier alpha value is -2.95. The molecule has 2 aromatic carbocycles. The topological polar surface area (TPSA) is 50.8 Å². The van der Waals surface area contributed by atoms with Crippen LogP contribution in [0.5, 0.6) is 11.5 Å². The summed E-state index contributed by atoms with van der Waals surface area (Å²) in [4.78, 5) is 14.8. The van der Waals surface area contributed by atoms with Crippen molar-refractivity contribution < 1.29 is 14.3 Å². The Balaban J connectivity index is 1.85. The van der Waals surface area contributed by atoms with Crippen LogP contribution in [0.2, 0.25) is 0 Å². The zero-order valence-corrected chi connectivity index (χ0v) is 16.8. The van der Waals surface area contributed by atoms with Gasteiger partial charge in [-0.15, -0.1) is 0 Å². The molecule has 5 nitrogen and oxygen atoms in total. The third-order valence-corrected chi connectivity index (χ3v) is 6.08. The van der Waals surface area contributed by atoms with Crippen LogP contribution < -0.4 is 19.7 Å². The lowest BCUT2D eigenvalue weighted by Gasteiger charge is -2.49. The van der Waals surface area contributed by atoms with E-state index in [0.717, 1.165) is 5.56 Å². The minimum atomic E-state index is -0.639. The Labute approximate surface area is 165 Å². The van der Waals surface area contributed by atoms with Gasteiger partial charge in [-0.2, -0.15) is 0 Å². The minimum Gasteiger partial charge on any atom is -0.493 e. The van der Waals surface area contributed by atoms with E-state index in [1.165, 1.54) is 11.3 Å². The number of ether oxygens (including phenoxy) is 2. The molecule has 0 saturated carbocycles. The summed E-state index contributed by atoms with van der Waals surface area (Å²) in [5.41, 5.74) is 2.37. The lowest BCUT2D eigenvalue weighted by molar-refractivity contribution is -0.124. The molecule has 2 aliphatic rings. The number of hydrogen-bond acceptors (Lipinski definition) is 4. The molecule has 0 radical (unpaired) electrons. The van der Waals surface area contributed by atoms with Gasteiger partial charge < -0.3 is 19.7 Å². The quantitative estimate of drug-likeness (QED) is 0.881. The van der Waals surface area contributed by atoms with Gasteiger partial charge in [-0.1, -0.05) is 50.3 Å². The zero-order chi connectivity index (χ0) is 19.9. The number of benzene rings is 2. The van der Waals surface area contributed by atoms with Gasteiger partial charge in [0, 0.05) is 29.6 Å². The van der Waals surface area contributed by atoms with Crippen molar-refractivity contribution in [3.63, 3.8) is 0 Å². The summed E-state index contributed by atoms with van der Waals surface area (Å²) >= 11 is 0. The molecule has 0 aliphatic carbocycles. The fourth-order valence-corrected chi connectivity index (χ4v) is 4.57. The molecule has 1 atom stereocenters. The standard InChI is InChI=1S/C23H26N2O3/c1-22(2)17-9-5-6-10-18(17)25-15-13-20(26)24-23(22,25)14-12-16-8-7-11-19(27-3)21(16)28-4/h5-12,14H,13,15H2,1-4H3,(H,24,26)/b14-12+. The Morgan fingerprint density at radius 2 is 1.86 bits per heavy atom. The van der Waals surface area contributed by atoms with Crippen molar-refractivity contribution in [2.75, 3.05) is 25.7 Å². The molecule has 2 heterocycles. The molecule has 146 valence electrons. The highest BCUT2D eigenvalue weighted by Gasteiger charge is 2.57. The Morgan fingerprint density at radius 3 is 2.61 bits per heavy atom. The molecule has 4 rings (SSSR count). The number of fused-ring (bicyclic) bond motifs is 3. The molecule has 0 bridgehead atoms. The first-order valence-corrected chi connectivity index (χ1v) is 9.53. The number of nitrogens with one attached hydrogen (secondary N) is 1. The average Bonchev–Trinajstić information content (AvgIpc) is 2.90. The van der Waals surface area contributed by atoms with Crippen molar-refractivity contribution in [1.29, 1.82) is 0 Å². The molecule has 1 amide bonds. The Kier molecular flexibility index (Phi) is 4.33. The Morgan fingerprint density at radius 1 is 1.07 bits per heavy atom. The molecular weight excluding hydrogens is 352 g/mol. The molecular formula is C23H26N2O3. The molecule has 1 N–H and O–H groups in total. The summed E-state index contributed by atoms with van der Waals surface area (Å²) in [5, 5.41) is 3.29. The summed E-state index contributed by atoms with van der Waals surface area (Å²) in [6.07, 6.45) is 4.61. The Bertz CT molecular complexity index is 951. The number of rotatable bonds is 4. The van der Waals surface area contributed by atoms with Gasteiger partial charge in [-0.05, 0) is 23.8 Å². The first-order chi connectivity index (χ1) is 13.4. The first-order valence-electron chi connectivity index (χ1n) is 9.53. The lowest BCUT2D eigenvalue weighted by atomic mass is 9.74. The monoisotopic (exact) mass is 378 g/mol. The number of carbonyl (C=O) groups is 1. The van der Waals surface area contributed by atoms with Gasteiger partial charge in [-0.3, -0.25) is 4.79 Å². The summed E-state index contributed by atoms with van der Waals surface area (Å²) in [6, 6.07) is 14.2. The van der Waals surface area contributed by atoms with Crippen molar-refractivity contribution in [2.45, 2.75) is 31.3 Å². The fraction of sp³-hybridized carbons (Fsp3) is 0.348. The molecule has 1 saturated heterocycles. The third kappa shape index (κ3) is 2.49. The molecule has 0 aromatic heterocycles. The second-order valence-corrected chi connectivity index (χ2v) is 7.77. The highest BCUT2D eigenvalue weighted by molar-refractivity contribution is 5.84. The van der Waals surface area contributed by atoms with E-state index in [4.69, 9.17) is 9.47 Å². The normalized spacial score (nSPS) is 22.6. The fourth-order valence-electron chi connectivity index (χ4n) is 4.57. The lowest BCUT2D eigenvalue weighted by Crippen LogP contribution is -2.68. The van der Waals surface area contributed by atoms with Crippen LogP contribution in [0, 0.1) is 0 Å². The van der Waals surface area contributed by atoms with E-state index in [9.17, 15) is 4.79 Å². The number of nitrogens with zero attached hydrogens (tertiary/aromatic N) is 1. The molecule has 5 heteroatoms. The summed E-state index contributed by atoms with van der Waals surface area (Å²) < 4.78 is 11.0. The van der Waals surface area contributed by atoms with Crippen molar-refractivity contribution in [3.05, 3.63) is 59.7 Å². The molecule has 2 aliphatic heterocycles. The predicted molar refractivity (Wildman–Crippen MR) is 111 cm³/mol. The predicted octanol–water partition coefficient (Wildman–Crippen LogP) is 3.73. The van der Waals surface area contributed by atoms with Gasteiger partial charge in [0.05, 0.1) is 14.2 Å². The van der Waals surface area contributed by atoms with Crippen LogP contribution in [0.1, 0.15) is 31.4 Å². The van der Waals surface area contributed by atoms with E-state index in [1.807, 2.05) is 24.3 Å². The minimum absolute atomic E-state index is 0.0689. The maximum absolute atomic E-state index is 12.5. The van der Waals surface area contributed by atoms with Crippen molar-refractivity contribution in [2.24, 2.45) is 0 Å². The number of amides is 1. The number of carbonyl (C=O) groups excluding carboxylic acids is 1. The van der Waals surface area contributed by atoms with Crippen LogP contribution in [-0.4, -0.2) is 32.3 Å². The van der Waals surface area contributed by atoms with Gasteiger partial charge in [0.1, 0.15) is 5.66 Å². The van der Waals surface area contributed by atoms with Crippen LogP contribution in [0.15, 0.2) is 48.5 Å². The summed E-state index contributed by atoms with van der Waals surface area (Å²) in [5.74, 6) is 1.43. The van der Waals surface area contributed by atoms with Crippen molar-refractivity contribution >= 4 is 17.7 Å². The third-order valence-electron chi connectivity index (χ3n) is 6.08. The molecule has 0 spiro atoms. The summed E-state index contributed by atoms with van der Waals surface area (Å²) in [6.45, 7) is 5.06. The van der Waals surface area contributed by atoms with Crippen LogP contribution in [0.3, 0.4) is 0 Å². The number of hydrogen-bond donors (Lipinski definition) is 1. The SMILES string of the molecule is COc1cccc(/C=C/C23NC(=O)CCN2c2ccccc2C3(C)C)c1OC. The van der Waals surface area contributed by atoms with E-state index >= 15 is 0 Å². The largest absolute Gasteiger partial charge is 0.493 e. The second-order valence-electron chi connectivity index (χ2n) is 7.77. The van der Waals surface area contributed by atoms with E-state index in [0.29, 0.717) is 24.5 Å². The van der Waals surface area contributed by atoms with Crippen LogP contribution in [0.4, 0.5) is 5.69 Å². The van der Waals surface area contributed by atoms with Gasteiger partial charge >= 0.3 is 0 Å². The van der Waals surface area contributed by atoms with E-state index in [-0.39, 0.29) is 11.3 Å². The van der Waals surface area contributed by atoms with Gasteiger partial charge in [0.25, 0.3) is 0 Å². The highest BCUT2D eigenvalue weighted by Crippen LogP contribution is 2.52. The zero-order valence-electron chi connectivity index (χ0n) is 16.8. The average molecular weight is 378 g/mol. The highest BCUT2D eigenvalue weighted by atomic mass is 16.5. The van der Waals surface area contributed by atoms with Crippen LogP contribution in [0.25, 0.3) is 6.08 Å². The maximum atomic E-state index is 12.5. The smallest absolute Gasteiger partial charge is 0.223 e. The van der Waals surface area contributed by atoms with Crippen LogP contribution >= 0.6 is 0 Å².